The van der Waals surface area contributed by atoms with Gasteiger partial charge in [-0.2, -0.15) is 0 Å². The molecule has 0 aliphatic heterocycles. The van der Waals surface area contributed by atoms with Gasteiger partial charge in [0.1, 0.15) is 17.2 Å². The summed E-state index contributed by atoms with van der Waals surface area (Å²) < 4.78 is 47.4. The Morgan fingerprint density at radius 2 is 1.76 bits per heavy atom. The number of benzene rings is 2. The summed E-state index contributed by atoms with van der Waals surface area (Å²) in [6.07, 6.45) is -0.0208. The Morgan fingerprint density at radius 3 is 2.29 bits per heavy atom. The highest BCUT2D eigenvalue weighted by molar-refractivity contribution is 6.31. The van der Waals surface area contributed by atoms with E-state index in [1.165, 1.54) is 12.3 Å². The van der Waals surface area contributed by atoms with E-state index >= 15 is 0 Å². The van der Waals surface area contributed by atoms with Crippen molar-refractivity contribution in [3.8, 4) is 11.1 Å². The van der Waals surface area contributed by atoms with Crippen molar-refractivity contribution >= 4 is 23.4 Å². The van der Waals surface area contributed by atoms with Crippen molar-refractivity contribution in [2.45, 2.75) is 76.9 Å². The van der Waals surface area contributed by atoms with E-state index < -0.39 is 40.9 Å². The topological polar surface area (TPSA) is 76.5 Å². The molecule has 0 radical (unpaired) electrons. The van der Waals surface area contributed by atoms with E-state index in [0.717, 1.165) is 12.1 Å². The van der Waals surface area contributed by atoms with Crippen LogP contribution >= 0.6 is 11.6 Å². The first-order chi connectivity index (χ1) is 19.1. The van der Waals surface area contributed by atoms with Gasteiger partial charge in [0.05, 0.1) is 27.8 Å². The lowest BCUT2D eigenvalue weighted by atomic mass is 9.67. The summed E-state index contributed by atoms with van der Waals surface area (Å²) in [5, 5.41) is 9.94. The van der Waals surface area contributed by atoms with Crippen LogP contribution in [0.3, 0.4) is 0 Å². The van der Waals surface area contributed by atoms with Gasteiger partial charge in [-0.1, -0.05) is 35.9 Å². The molecule has 1 heterocycles. The number of nitrogens with zero attached hydrogens (tertiary/aromatic N) is 1. The Kier molecular flexibility index (Phi) is 8.95. The molecule has 1 aliphatic carbocycles. The molecule has 1 N–H and O–H groups in total. The lowest BCUT2D eigenvalue weighted by Gasteiger charge is -2.42. The fourth-order valence-corrected chi connectivity index (χ4v) is 5.48. The number of halogens is 4. The number of ketones is 1. The maximum absolute atomic E-state index is 14.8. The summed E-state index contributed by atoms with van der Waals surface area (Å²) in [7, 11) is 0. The summed E-state index contributed by atoms with van der Waals surface area (Å²) in [4.78, 5) is 30.3. The molecule has 2 aromatic carbocycles. The molecule has 1 aliphatic rings. The largest absolute Gasteiger partial charge is 0.456 e. The maximum Gasteiger partial charge on any atom is 0.338 e. The zero-order valence-electron chi connectivity index (χ0n) is 23.4. The van der Waals surface area contributed by atoms with Crippen LogP contribution < -0.4 is 0 Å². The van der Waals surface area contributed by atoms with Gasteiger partial charge in [0.15, 0.2) is 0 Å². The van der Waals surface area contributed by atoms with Crippen LogP contribution in [0.5, 0.6) is 0 Å². The second-order valence-corrected chi connectivity index (χ2v) is 12.4. The Bertz CT molecular complexity index is 1410. The van der Waals surface area contributed by atoms with Crippen molar-refractivity contribution < 1.29 is 32.6 Å². The molecule has 1 saturated carbocycles. The van der Waals surface area contributed by atoms with Crippen LogP contribution in [0.15, 0.2) is 54.7 Å². The lowest BCUT2D eigenvalue weighted by molar-refractivity contribution is -0.121. The van der Waals surface area contributed by atoms with Gasteiger partial charge >= 0.3 is 5.97 Å². The molecule has 5 nitrogen and oxygen atoms in total. The van der Waals surface area contributed by atoms with Gasteiger partial charge in [-0.25, -0.2) is 18.0 Å². The third kappa shape index (κ3) is 7.54. The molecule has 9 heteroatoms. The third-order valence-electron chi connectivity index (χ3n) is 7.18. The highest BCUT2D eigenvalue weighted by Gasteiger charge is 2.40. The summed E-state index contributed by atoms with van der Waals surface area (Å²) in [6, 6.07) is 11.8. The molecule has 4 rings (SSSR count). The predicted octanol–water partition coefficient (Wildman–Crippen LogP) is 7.88. The molecular formula is C32H33ClF3NO4. The highest BCUT2D eigenvalue weighted by atomic mass is 35.5. The van der Waals surface area contributed by atoms with Crippen molar-refractivity contribution in [3.63, 3.8) is 0 Å². The monoisotopic (exact) mass is 587 g/mol. The van der Waals surface area contributed by atoms with E-state index in [1.54, 1.807) is 58.0 Å². The standard InChI is InChI=1S/C32H33ClF3NO4/c1-31(2,3)41-30(39)20-7-5-18(6-8-20)14-26(38)23(13-19-15-32(4,40)16-19)25-12-9-21(17-37-25)27-22(29(35)36)10-11-24(33)28(27)34/h5-12,17,19,23,29,40H,13-16H2,1-4H3. The van der Waals surface area contributed by atoms with E-state index in [2.05, 4.69) is 4.98 Å². The molecular weight excluding hydrogens is 555 g/mol. The average Bonchev–Trinajstić information content (AvgIpc) is 2.87. The SMILES string of the molecule is CC1(O)CC(CC(C(=O)Cc2ccc(C(=O)OC(C)(C)C)cc2)c2ccc(-c3c(C(F)F)ccc(Cl)c3F)cn2)C1. The Balaban J connectivity index is 1.58. The van der Waals surface area contributed by atoms with E-state index in [4.69, 9.17) is 16.3 Å². The van der Waals surface area contributed by atoms with Crippen LogP contribution in [0, 0.1) is 11.7 Å². The molecule has 1 fully saturated rings. The van der Waals surface area contributed by atoms with Gasteiger partial charge in [0, 0.05) is 29.3 Å². The first-order valence-electron chi connectivity index (χ1n) is 13.4. The van der Waals surface area contributed by atoms with Crippen LogP contribution in [0.25, 0.3) is 11.1 Å². The maximum atomic E-state index is 14.8. The molecule has 41 heavy (non-hydrogen) atoms. The van der Waals surface area contributed by atoms with Gasteiger partial charge in [-0.05, 0) is 82.7 Å². The number of aromatic nitrogens is 1. The minimum absolute atomic E-state index is 0.0737. The van der Waals surface area contributed by atoms with E-state index in [1.807, 2.05) is 0 Å². The van der Waals surface area contributed by atoms with E-state index in [0.29, 0.717) is 36.1 Å². The van der Waals surface area contributed by atoms with Gasteiger partial charge < -0.3 is 9.84 Å². The molecule has 3 aromatic rings. The fraction of sp³-hybridized carbons (Fsp3) is 0.406. The Hall–Kier alpha value is -3.23. The number of Topliss-reactive ketones (excluding diaryl/α,β-unsaturated/α-hetero) is 1. The van der Waals surface area contributed by atoms with Gasteiger partial charge in [-0.3, -0.25) is 9.78 Å². The number of rotatable bonds is 9. The quantitative estimate of drug-likeness (QED) is 0.258. The minimum atomic E-state index is -2.92. The molecule has 0 bridgehead atoms. The van der Waals surface area contributed by atoms with Gasteiger partial charge in [0.2, 0.25) is 0 Å². The number of aliphatic hydroxyl groups is 1. The summed E-state index contributed by atoms with van der Waals surface area (Å²) in [5.41, 5.74) is -0.604. The predicted molar refractivity (Wildman–Crippen MR) is 151 cm³/mol. The third-order valence-corrected chi connectivity index (χ3v) is 7.47. The van der Waals surface area contributed by atoms with Gasteiger partial charge in [0.25, 0.3) is 6.43 Å². The lowest BCUT2D eigenvalue weighted by Crippen LogP contribution is -2.41. The number of carbonyl (C=O) groups is 2. The van der Waals surface area contributed by atoms with Crippen molar-refractivity contribution in [2.24, 2.45) is 5.92 Å². The van der Waals surface area contributed by atoms with Crippen LogP contribution in [-0.2, 0) is 16.0 Å². The molecule has 218 valence electrons. The number of alkyl halides is 2. The second kappa shape index (κ2) is 11.9. The van der Waals surface area contributed by atoms with Crippen molar-refractivity contribution in [1.29, 1.82) is 0 Å². The fourth-order valence-electron chi connectivity index (χ4n) is 5.32. The van der Waals surface area contributed by atoms with Crippen molar-refractivity contribution in [2.75, 3.05) is 0 Å². The number of hydrogen-bond donors (Lipinski definition) is 1. The number of carbonyl (C=O) groups excluding carboxylic acids is 2. The molecule has 0 amide bonds. The number of ether oxygens (including phenoxy) is 1. The van der Waals surface area contributed by atoms with Crippen molar-refractivity contribution in [3.05, 3.63) is 88.0 Å². The highest BCUT2D eigenvalue weighted by Crippen LogP contribution is 2.43. The molecule has 1 aromatic heterocycles. The average molecular weight is 588 g/mol. The molecule has 1 unspecified atom stereocenters. The van der Waals surface area contributed by atoms with E-state index in [-0.39, 0.29) is 34.3 Å². The normalized spacial score (nSPS) is 19.5. The summed E-state index contributed by atoms with van der Waals surface area (Å²) in [5.74, 6) is -2.07. The molecule has 0 spiro atoms. The zero-order valence-corrected chi connectivity index (χ0v) is 24.1. The van der Waals surface area contributed by atoms with Crippen LogP contribution in [0.1, 0.15) is 86.5 Å². The van der Waals surface area contributed by atoms with E-state index in [9.17, 15) is 27.9 Å². The first-order valence-corrected chi connectivity index (χ1v) is 13.8. The summed E-state index contributed by atoms with van der Waals surface area (Å²) in [6.45, 7) is 7.09. The van der Waals surface area contributed by atoms with Crippen LogP contribution in [0.4, 0.5) is 13.2 Å². The summed E-state index contributed by atoms with van der Waals surface area (Å²) >= 11 is 5.87. The zero-order chi connectivity index (χ0) is 30.1. The molecule has 1 atom stereocenters. The van der Waals surface area contributed by atoms with Gasteiger partial charge in [-0.15, -0.1) is 0 Å². The second-order valence-electron chi connectivity index (χ2n) is 12.0. The number of hydrogen-bond acceptors (Lipinski definition) is 5. The molecule has 0 saturated heterocycles. The number of pyridine rings is 1. The van der Waals surface area contributed by atoms with Crippen LogP contribution in [0.2, 0.25) is 5.02 Å². The first kappa shape index (κ1) is 30.7. The number of esters is 1. The van der Waals surface area contributed by atoms with Crippen molar-refractivity contribution in [1.82, 2.24) is 4.98 Å². The Morgan fingerprint density at radius 1 is 1.10 bits per heavy atom. The minimum Gasteiger partial charge on any atom is -0.456 e. The Labute approximate surface area is 242 Å². The smallest absolute Gasteiger partial charge is 0.338 e. The van der Waals surface area contributed by atoms with Crippen LogP contribution in [-0.4, -0.2) is 33.0 Å².